The van der Waals surface area contributed by atoms with Crippen LogP contribution >= 0.6 is 11.6 Å². The molecular formula is C21H23ClN2O. The van der Waals surface area contributed by atoms with Crippen molar-refractivity contribution in [1.29, 1.82) is 0 Å². The first kappa shape index (κ1) is 16.6. The molecule has 130 valence electrons. The van der Waals surface area contributed by atoms with Crippen LogP contribution in [0.3, 0.4) is 0 Å². The first-order valence-electron chi connectivity index (χ1n) is 9.06. The zero-order valence-electron chi connectivity index (χ0n) is 14.3. The fraction of sp³-hybridized carbons (Fsp3) is 0.381. The van der Waals surface area contributed by atoms with Crippen molar-refractivity contribution < 1.29 is 4.79 Å². The lowest BCUT2D eigenvalue weighted by Crippen LogP contribution is -2.51. The standard InChI is InChI=1S/C21H23ClN2O/c22-19-9-7-17(8-10-19)21(25)24-12-3-6-20(15-24)23-13-11-16-4-1-2-5-18(16)14-23/h1-2,4-5,7-10,20H,3,6,11-15H2/t20-/m0/s1. The molecule has 0 bridgehead atoms. The minimum absolute atomic E-state index is 0.124. The number of piperidine rings is 1. The van der Waals surface area contributed by atoms with Gasteiger partial charge in [0, 0.05) is 42.8 Å². The lowest BCUT2D eigenvalue weighted by Gasteiger charge is -2.41. The van der Waals surface area contributed by atoms with Crippen molar-refractivity contribution in [3.63, 3.8) is 0 Å². The van der Waals surface area contributed by atoms with Gasteiger partial charge < -0.3 is 4.90 Å². The number of likely N-dealkylation sites (tertiary alicyclic amines) is 1. The number of rotatable bonds is 2. The summed E-state index contributed by atoms with van der Waals surface area (Å²) in [6, 6.07) is 16.4. The van der Waals surface area contributed by atoms with Gasteiger partial charge in [0.15, 0.2) is 0 Å². The number of halogens is 1. The Labute approximate surface area is 154 Å². The Morgan fingerprint density at radius 1 is 1.00 bits per heavy atom. The predicted molar refractivity (Wildman–Crippen MR) is 101 cm³/mol. The highest BCUT2D eigenvalue weighted by molar-refractivity contribution is 6.30. The van der Waals surface area contributed by atoms with E-state index in [1.54, 1.807) is 12.1 Å². The Balaban J connectivity index is 1.44. The van der Waals surface area contributed by atoms with Gasteiger partial charge in [0.2, 0.25) is 0 Å². The number of carbonyl (C=O) groups excluding carboxylic acids is 1. The first-order valence-corrected chi connectivity index (χ1v) is 9.44. The molecule has 2 aromatic rings. The van der Waals surface area contributed by atoms with E-state index in [1.807, 2.05) is 17.0 Å². The Morgan fingerprint density at radius 3 is 2.56 bits per heavy atom. The first-order chi connectivity index (χ1) is 12.2. The highest BCUT2D eigenvalue weighted by Crippen LogP contribution is 2.25. The molecule has 1 amide bonds. The second-order valence-corrected chi connectivity index (χ2v) is 7.48. The fourth-order valence-corrected chi connectivity index (χ4v) is 4.17. The van der Waals surface area contributed by atoms with E-state index in [0.29, 0.717) is 11.1 Å². The summed E-state index contributed by atoms with van der Waals surface area (Å²) in [5.41, 5.74) is 3.65. The van der Waals surface area contributed by atoms with Gasteiger partial charge in [-0.2, -0.15) is 0 Å². The number of hydrogen-bond acceptors (Lipinski definition) is 2. The average molecular weight is 355 g/mol. The van der Waals surface area contributed by atoms with Crippen molar-refractivity contribution in [2.45, 2.75) is 31.8 Å². The highest BCUT2D eigenvalue weighted by atomic mass is 35.5. The van der Waals surface area contributed by atoms with Gasteiger partial charge in [0.25, 0.3) is 5.91 Å². The van der Waals surface area contributed by atoms with E-state index in [4.69, 9.17) is 11.6 Å². The third-order valence-corrected chi connectivity index (χ3v) is 5.70. The van der Waals surface area contributed by atoms with Crippen molar-refractivity contribution in [2.75, 3.05) is 19.6 Å². The molecule has 2 aromatic carbocycles. The Bertz CT molecular complexity index is 759. The fourth-order valence-electron chi connectivity index (χ4n) is 4.04. The van der Waals surface area contributed by atoms with Crippen molar-refractivity contribution in [3.05, 3.63) is 70.2 Å². The summed E-state index contributed by atoms with van der Waals surface area (Å²) in [4.78, 5) is 17.4. The topological polar surface area (TPSA) is 23.6 Å². The minimum Gasteiger partial charge on any atom is -0.337 e. The molecule has 0 saturated carbocycles. The van der Waals surface area contributed by atoms with Crippen molar-refractivity contribution in [3.8, 4) is 0 Å². The van der Waals surface area contributed by atoms with Gasteiger partial charge in [0.1, 0.15) is 0 Å². The summed E-state index contributed by atoms with van der Waals surface area (Å²) in [6.07, 6.45) is 3.35. The van der Waals surface area contributed by atoms with Gasteiger partial charge in [-0.1, -0.05) is 35.9 Å². The van der Waals surface area contributed by atoms with Crippen LogP contribution in [0.5, 0.6) is 0 Å². The summed E-state index contributed by atoms with van der Waals surface area (Å²) in [7, 11) is 0. The second-order valence-electron chi connectivity index (χ2n) is 7.04. The van der Waals surface area contributed by atoms with E-state index in [1.165, 1.54) is 17.5 Å². The van der Waals surface area contributed by atoms with Crippen molar-refractivity contribution in [1.82, 2.24) is 9.80 Å². The Morgan fingerprint density at radius 2 is 1.76 bits per heavy atom. The molecule has 1 atom stereocenters. The van der Waals surface area contributed by atoms with E-state index in [0.717, 1.165) is 44.6 Å². The van der Waals surface area contributed by atoms with Crippen LogP contribution < -0.4 is 0 Å². The largest absolute Gasteiger partial charge is 0.337 e. The number of hydrogen-bond donors (Lipinski definition) is 0. The zero-order chi connectivity index (χ0) is 17.2. The van der Waals surface area contributed by atoms with Crippen LogP contribution in [-0.4, -0.2) is 41.4 Å². The lowest BCUT2D eigenvalue weighted by molar-refractivity contribution is 0.0549. The molecule has 2 aliphatic rings. The predicted octanol–water partition coefficient (Wildman–Crippen LogP) is 4.00. The summed E-state index contributed by atoms with van der Waals surface area (Å²) in [6.45, 7) is 3.76. The molecule has 1 saturated heterocycles. The van der Waals surface area contributed by atoms with Crippen LogP contribution in [0.15, 0.2) is 48.5 Å². The molecule has 0 radical (unpaired) electrons. The molecule has 1 fully saturated rings. The number of amides is 1. The third kappa shape index (κ3) is 3.58. The quantitative estimate of drug-likeness (QED) is 0.813. The van der Waals surface area contributed by atoms with Gasteiger partial charge in [0.05, 0.1) is 0 Å². The van der Waals surface area contributed by atoms with Gasteiger partial charge in [-0.15, -0.1) is 0 Å². The molecule has 2 heterocycles. The smallest absolute Gasteiger partial charge is 0.253 e. The zero-order valence-corrected chi connectivity index (χ0v) is 15.1. The monoisotopic (exact) mass is 354 g/mol. The minimum atomic E-state index is 0.124. The number of carbonyl (C=O) groups is 1. The van der Waals surface area contributed by atoms with E-state index in [2.05, 4.69) is 29.2 Å². The van der Waals surface area contributed by atoms with Crippen LogP contribution in [0.2, 0.25) is 5.02 Å². The van der Waals surface area contributed by atoms with Gasteiger partial charge in [-0.3, -0.25) is 9.69 Å². The van der Waals surface area contributed by atoms with Crippen LogP contribution in [0.25, 0.3) is 0 Å². The molecule has 0 N–H and O–H groups in total. The van der Waals surface area contributed by atoms with Crippen LogP contribution in [0.4, 0.5) is 0 Å². The maximum Gasteiger partial charge on any atom is 0.253 e. The molecule has 25 heavy (non-hydrogen) atoms. The van der Waals surface area contributed by atoms with Crippen molar-refractivity contribution >= 4 is 17.5 Å². The average Bonchev–Trinajstić information content (AvgIpc) is 2.68. The normalized spacial score (nSPS) is 21.0. The number of fused-ring (bicyclic) bond motifs is 1. The molecule has 4 rings (SSSR count). The summed E-state index contributed by atoms with van der Waals surface area (Å²) in [5.74, 6) is 0.124. The van der Waals surface area contributed by atoms with E-state index in [9.17, 15) is 4.79 Å². The van der Waals surface area contributed by atoms with Crippen LogP contribution in [0, 0.1) is 0 Å². The maximum atomic E-state index is 12.8. The third-order valence-electron chi connectivity index (χ3n) is 5.45. The highest BCUT2D eigenvalue weighted by Gasteiger charge is 2.30. The van der Waals surface area contributed by atoms with Crippen LogP contribution in [0.1, 0.15) is 34.3 Å². The van der Waals surface area contributed by atoms with Gasteiger partial charge >= 0.3 is 0 Å². The van der Waals surface area contributed by atoms with E-state index in [-0.39, 0.29) is 5.91 Å². The molecule has 3 nitrogen and oxygen atoms in total. The molecule has 0 aliphatic carbocycles. The number of benzene rings is 2. The van der Waals surface area contributed by atoms with E-state index >= 15 is 0 Å². The molecule has 4 heteroatoms. The molecule has 0 aromatic heterocycles. The molecule has 0 unspecified atom stereocenters. The summed E-state index contributed by atoms with van der Waals surface area (Å²) < 4.78 is 0. The summed E-state index contributed by atoms with van der Waals surface area (Å²) in [5, 5.41) is 0.667. The van der Waals surface area contributed by atoms with Crippen LogP contribution in [-0.2, 0) is 13.0 Å². The SMILES string of the molecule is O=C(c1ccc(Cl)cc1)N1CCC[C@H](N2CCc3ccccc3C2)C1. The Kier molecular flexibility index (Phi) is 4.78. The van der Waals surface area contributed by atoms with Crippen molar-refractivity contribution in [2.24, 2.45) is 0 Å². The molecular weight excluding hydrogens is 332 g/mol. The Hall–Kier alpha value is -1.84. The molecule has 2 aliphatic heterocycles. The number of nitrogens with zero attached hydrogens (tertiary/aromatic N) is 2. The van der Waals surface area contributed by atoms with Gasteiger partial charge in [-0.05, 0) is 54.7 Å². The second kappa shape index (κ2) is 7.19. The maximum absolute atomic E-state index is 12.8. The van der Waals surface area contributed by atoms with E-state index < -0.39 is 0 Å². The lowest BCUT2D eigenvalue weighted by atomic mass is 9.96. The molecule has 0 spiro atoms. The van der Waals surface area contributed by atoms with Gasteiger partial charge in [-0.25, -0.2) is 0 Å². The summed E-state index contributed by atoms with van der Waals surface area (Å²) >= 11 is 5.94.